The lowest BCUT2D eigenvalue weighted by Gasteiger charge is -2.09. The van der Waals surface area contributed by atoms with Crippen molar-refractivity contribution in [2.45, 2.75) is 25.9 Å². The van der Waals surface area contributed by atoms with Crippen molar-refractivity contribution in [2.24, 2.45) is 5.73 Å². The Bertz CT molecular complexity index is 445. The van der Waals surface area contributed by atoms with Crippen LogP contribution in [0.2, 0.25) is 0 Å². The molecular formula is C14H20N2O4. The molecule has 2 amide bonds. The molecule has 0 saturated carbocycles. The number of carbonyl (C=O) groups is 2. The number of hydrogen-bond acceptors (Lipinski definition) is 4. The minimum atomic E-state index is -0.554. The molecule has 0 bridgehead atoms. The van der Waals surface area contributed by atoms with Gasteiger partial charge in [-0.15, -0.1) is 0 Å². The van der Waals surface area contributed by atoms with Crippen LogP contribution in [0.4, 0.5) is 0 Å². The number of benzene rings is 1. The third-order valence-corrected chi connectivity index (χ3v) is 2.73. The monoisotopic (exact) mass is 280 g/mol. The number of aliphatic hydroxyl groups is 1. The van der Waals surface area contributed by atoms with E-state index in [0.717, 1.165) is 0 Å². The summed E-state index contributed by atoms with van der Waals surface area (Å²) in [7, 11) is 0. The second-order valence-electron chi connectivity index (χ2n) is 4.39. The van der Waals surface area contributed by atoms with E-state index >= 15 is 0 Å². The van der Waals surface area contributed by atoms with Gasteiger partial charge in [0.05, 0.1) is 6.10 Å². The highest BCUT2D eigenvalue weighted by atomic mass is 16.5. The Morgan fingerprint density at radius 1 is 1.35 bits per heavy atom. The van der Waals surface area contributed by atoms with Crippen molar-refractivity contribution < 1.29 is 19.4 Å². The van der Waals surface area contributed by atoms with E-state index in [2.05, 4.69) is 5.32 Å². The number of carbonyl (C=O) groups excluding carboxylic acids is 2. The number of nitrogens with two attached hydrogens (primary N) is 1. The maximum atomic E-state index is 11.8. The molecule has 0 aliphatic carbocycles. The van der Waals surface area contributed by atoms with Gasteiger partial charge in [-0.05, 0) is 37.1 Å². The van der Waals surface area contributed by atoms with E-state index in [0.29, 0.717) is 30.7 Å². The van der Waals surface area contributed by atoms with Crippen LogP contribution in [0, 0.1) is 0 Å². The molecule has 1 unspecified atom stereocenters. The van der Waals surface area contributed by atoms with Crippen molar-refractivity contribution in [3.05, 3.63) is 29.8 Å². The van der Waals surface area contributed by atoms with Crippen molar-refractivity contribution in [2.75, 3.05) is 13.2 Å². The van der Waals surface area contributed by atoms with E-state index in [1.165, 1.54) is 0 Å². The van der Waals surface area contributed by atoms with Gasteiger partial charge in [-0.3, -0.25) is 9.59 Å². The van der Waals surface area contributed by atoms with E-state index in [-0.39, 0.29) is 18.6 Å². The lowest BCUT2D eigenvalue weighted by atomic mass is 10.2. The molecule has 1 aromatic rings. The maximum absolute atomic E-state index is 11.8. The normalized spacial score (nSPS) is 11.7. The van der Waals surface area contributed by atoms with Gasteiger partial charge >= 0.3 is 0 Å². The van der Waals surface area contributed by atoms with E-state index in [9.17, 15) is 14.7 Å². The summed E-state index contributed by atoms with van der Waals surface area (Å²) in [5, 5.41) is 12.1. The van der Waals surface area contributed by atoms with Gasteiger partial charge in [-0.1, -0.05) is 6.92 Å². The van der Waals surface area contributed by atoms with E-state index in [4.69, 9.17) is 10.5 Å². The van der Waals surface area contributed by atoms with Gasteiger partial charge in [0.2, 0.25) is 0 Å². The Morgan fingerprint density at radius 2 is 2.00 bits per heavy atom. The molecule has 0 aliphatic rings. The topological polar surface area (TPSA) is 102 Å². The summed E-state index contributed by atoms with van der Waals surface area (Å²) >= 11 is 0. The molecule has 6 heteroatoms. The summed E-state index contributed by atoms with van der Waals surface area (Å²) < 4.78 is 5.09. The Hall–Kier alpha value is -2.08. The lowest BCUT2D eigenvalue weighted by molar-refractivity contribution is -0.119. The minimum absolute atomic E-state index is 0.194. The smallest absolute Gasteiger partial charge is 0.255 e. The van der Waals surface area contributed by atoms with Crippen molar-refractivity contribution in [1.29, 1.82) is 0 Å². The van der Waals surface area contributed by atoms with Crippen molar-refractivity contribution >= 4 is 11.8 Å². The second-order valence-corrected chi connectivity index (χ2v) is 4.39. The van der Waals surface area contributed by atoms with Crippen molar-refractivity contribution in [3.8, 4) is 5.75 Å². The van der Waals surface area contributed by atoms with Crippen LogP contribution in [0.1, 0.15) is 30.1 Å². The van der Waals surface area contributed by atoms with Crippen molar-refractivity contribution in [3.63, 3.8) is 0 Å². The Kier molecular flexibility index (Phi) is 6.52. The zero-order chi connectivity index (χ0) is 15.0. The molecule has 0 saturated heterocycles. The first-order valence-electron chi connectivity index (χ1n) is 6.50. The molecule has 0 spiro atoms. The Morgan fingerprint density at radius 3 is 2.55 bits per heavy atom. The third-order valence-electron chi connectivity index (χ3n) is 2.73. The highest BCUT2D eigenvalue weighted by Gasteiger charge is 2.07. The summed E-state index contributed by atoms with van der Waals surface area (Å²) in [6.07, 6.45) is 0.809. The van der Waals surface area contributed by atoms with Gasteiger partial charge in [-0.2, -0.15) is 0 Å². The fourth-order valence-corrected chi connectivity index (χ4v) is 1.52. The third kappa shape index (κ3) is 5.71. The van der Waals surface area contributed by atoms with Crippen LogP contribution in [0.25, 0.3) is 0 Å². The molecule has 110 valence electrons. The number of hydrogen-bond donors (Lipinski definition) is 3. The van der Waals surface area contributed by atoms with Gasteiger partial charge in [-0.25, -0.2) is 0 Å². The number of amides is 2. The van der Waals surface area contributed by atoms with Crippen LogP contribution in [-0.2, 0) is 4.79 Å². The van der Waals surface area contributed by atoms with Crippen LogP contribution >= 0.6 is 0 Å². The fourth-order valence-electron chi connectivity index (χ4n) is 1.52. The molecule has 0 heterocycles. The molecule has 0 radical (unpaired) electrons. The van der Waals surface area contributed by atoms with Gasteiger partial charge < -0.3 is 20.9 Å². The first kappa shape index (κ1) is 16.0. The standard InChI is InChI=1S/C14H20N2O4/c1-2-11(17)7-8-16-14(19)10-3-5-12(6-4-10)20-9-13(15)18/h3-6,11,17H,2,7-9H2,1H3,(H2,15,18)(H,16,19). The molecular weight excluding hydrogens is 260 g/mol. The summed E-state index contributed by atoms with van der Waals surface area (Å²) in [4.78, 5) is 22.3. The van der Waals surface area contributed by atoms with E-state index in [1.807, 2.05) is 6.92 Å². The minimum Gasteiger partial charge on any atom is -0.484 e. The summed E-state index contributed by atoms with van der Waals surface area (Å²) in [6, 6.07) is 6.39. The zero-order valence-corrected chi connectivity index (χ0v) is 11.5. The first-order valence-corrected chi connectivity index (χ1v) is 6.50. The Labute approximate surface area is 117 Å². The van der Waals surface area contributed by atoms with Gasteiger partial charge in [0, 0.05) is 12.1 Å². The summed E-state index contributed by atoms with van der Waals surface area (Å²) in [5.41, 5.74) is 5.45. The predicted octanol–water partition coefficient (Wildman–Crippen LogP) is 0.442. The molecule has 1 atom stereocenters. The number of rotatable bonds is 8. The van der Waals surface area contributed by atoms with Gasteiger partial charge in [0.1, 0.15) is 5.75 Å². The highest BCUT2D eigenvalue weighted by Crippen LogP contribution is 2.12. The van der Waals surface area contributed by atoms with Crippen LogP contribution in [0.15, 0.2) is 24.3 Å². The number of ether oxygens (including phenoxy) is 1. The van der Waals surface area contributed by atoms with Gasteiger partial charge in [0.25, 0.3) is 11.8 Å². The average molecular weight is 280 g/mol. The first-order chi connectivity index (χ1) is 9.52. The quantitative estimate of drug-likeness (QED) is 0.643. The Balaban J connectivity index is 2.43. The summed E-state index contributed by atoms with van der Waals surface area (Å²) in [6.45, 7) is 2.12. The van der Waals surface area contributed by atoms with Crippen LogP contribution in [0.3, 0.4) is 0 Å². The van der Waals surface area contributed by atoms with E-state index in [1.54, 1.807) is 24.3 Å². The molecule has 0 aliphatic heterocycles. The SMILES string of the molecule is CCC(O)CCNC(=O)c1ccc(OCC(N)=O)cc1. The highest BCUT2D eigenvalue weighted by molar-refractivity contribution is 5.94. The van der Waals surface area contributed by atoms with Crippen LogP contribution < -0.4 is 15.8 Å². The number of nitrogens with one attached hydrogen (secondary N) is 1. The lowest BCUT2D eigenvalue weighted by Crippen LogP contribution is -2.27. The average Bonchev–Trinajstić information content (AvgIpc) is 2.45. The molecule has 4 N–H and O–H groups in total. The molecule has 0 fully saturated rings. The van der Waals surface area contributed by atoms with E-state index < -0.39 is 5.91 Å². The molecule has 6 nitrogen and oxygen atoms in total. The largest absolute Gasteiger partial charge is 0.484 e. The second kappa shape index (κ2) is 8.16. The van der Waals surface area contributed by atoms with Crippen LogP contribution in [0.5, 0.6) is 5.75 Å². The molecule has 1 rings (SSSR count). The predicted molar refractivity (Wildman–Crippen MR) is 74.4 cm³/mol. The zero-order valence-electron chi connectivity index (χ0n) is 11.5. The fraction of sp³-hybridized carbons (Fsp3) is 0.429. The van der Waals surface area contributed by atoms with Gasteiger partial charge in [0.15, 0.2) is 6.61 Å². The number of primary amides is 1. The van der Waals surface area contributed by atoms with Crippen LogP contribution in [-0.4, -0.2) is 36.2 Å². The molecule has 1 aromatic carbocycles. The van der Waals surface area contributed by atoms with Crippen molar-refractivity contribution in [1.82, 2.24) is 5.32 Å². The number of aliphatic hydroxyl groups excluding tert-OH is 1. The maximum Gasteiger partial charge on any atom is 0.255 e. The summed E-state index contributed by atoms with van der Waals surface area (Å²) in [5.74, 6) is -0.294. The molecule has 20 heavy (non-hydrogen) atoms. The molecule has 0 aromatic heterocycles.